The van der Waals surface area contributed by atoms with Gasteiger partial charge in [-0.05, 0) is 137 Å². The van der Waals surface area contributed by atoms with E-state index in [9.17, 15) is 9.90 Å². The molecule has 3 heteroatoms. The maximum atomic E-state index is 11.3. The second-order valence-corrected chi connectivity index (χ2v) is 16.0. The second kappa shape index (κ2) is 13.8. The summed E-state index contributed by atoms with van der Waals surface area (Å²) in [7, 11) is 0. The summed E-state index contributed by atoms with van der Waals surface area (Å²) in [6, 6.07) is 1.66. The van der Waals surface area contributed by atoms with E-state index >= 15 is 0 Å². The third kappa shape index (κ3) is 7.31. The standard InChI is InChI=1S/C37H63NO2/c1-2-3-5-10-32(28-15-16-28)35-24-33(35)29-17-19-31(20-18-29)38-25-30(14-11-26-8-6-4-7-9-26)34-23-27(12-21-36(34)38)13-22-37(39)40/h26-36H,2-25H2,1H3,(H,39,40)/t27?,29?,30?,31?,32?,33-,34?,35+,36?/m1/s1. The van der Waals surface area contributed by atoms with Gasteiger partial charge in [-0.3, -0.25) is 9.69 Å². The molecule has 6 aliphatic rings. The highest BCUT2D eigenvalue weighted by molar-refractivity contribution is 5.66. The zero-order valence-corrected chi connectivity index (χ0v) is 26.1. The predicted molar refractivity (Wildman–Crippen MR) is 165 cm³/mol. The minimum atomic E-state index is -0.594. The molecule has 1 saturated heterocycles. The van der Waals surface area contributed by atoms with E-state index in [0.717, 1.165) is 65.8 Å². The third-order valence-electron chi connectivity index (χ3n) is 13.5. The lowest BCUT2D eigenvalue weighted by Crippen LogP contribution is -2.44. The van der Waals surface area contributed by atoms with Crippen LogP contribution in [0.2, 0.25) is 0 Å². The largest absolute Gasteiger partial charge is 0.481 e. The SMILES string of the molecule is CCCCCC(C1CC1)[C@@H]1C[C@@H]1C1CCC(N2CC(CCC3CCCCC3)C3CC(CCC(=O)O)CCC32)CC1. The predicted octanol–water partition coefficient (Wildman–Crippen LogP) is 9.73. The molecule has 7 atom stereocenters. The monoisotopic (exact) mass is 553 g/mol. The van der Waals surface area contributed by atoms with Crippen LogP contribution < -0.4 is 0 Å². The van der Waals surface area contributed by atoms with Gasteiger partial charge in [0.15, 0.2) is 0 Å². The Hall–Kier alpha value is -0.570. The van der Waals surface area contributed by atoms with E-state index in [2.05, 4.69) is 11.8 Å². The van der Waals surface area contributed by atoms with Crippen molar-refractivity contribution in [3.05, 3.63) is 0 Å². The van der Waals surface area contributed by atoms with Crippen LogP contribution in [0.3, 0.4) is 0 Å². The van der Waals surface area contributed by atoms with Crippen molar-refractivity contribution in [2.45, 2.75) is 167 Å². The van der Waals surface area contributed by atoms with Gasteiger partial charge in [0.25, 0.3) is 0 Å². The van der Waals surface area contributed by atoms with Crippen molar-refractivity contribution in [1.29, 1.82) is 0 Å². The highest BCUT2D eigenvalue weighted by atomic mass is 16.4. The number of rotatable bonds is 14. The molecular weight excluding hydrogens is 490 g/mol. The molecule has 6 fully saturated rings. The van der Waals surface area contributed by atoms with Gasteiger partial charge < -0.3 is 5.11 Å². The van der Waals surface area contributed by atoms with Crippen LogP contribution in [-0.4, -0.2) is 34.6 Å². The van der Waals surface area contributed by atoms with Crippen molar-refractivity contribution in [3.63, 3.8) is 0 Å². The lowest BCUT2D eigenvalue weighted by molar-refractivity contribution is -0.137. The number of fused-ring (bicyclic) bond motifs is 1. The molecule has 228 valence electrons. The van der Waals surface area contributed by atoms with Crippen molar-refractivity contribution in [2.75, 3.05) is 6.54 Å². The summed E-state index contributed by atoms with van der Waals surface area (Å²) in [5, 5.41) is 9.31. The lowest BCUT2D eigenvalue weighted by Gasteiger charge is -2.42. The van der Waals surface area contributed by atoms with Gasteiger partial charge in [0.2, 0.25) is 0 Å². The van der Waals surface area contributed by atoms with Crippen molar-refractivity contribution < 1.29 is 9.90 Å². The molecule has 1 heterocycles. The first-order valence-electron chi connectivity index (χ1n) is 18.6. The number of hydrogen-bond acceptors (Lipinski definition) is 2. The average Bonchev–Trinajstić information content (AvgIpc) is 3.92. The number of likely N-dealkylation sites (tertiary alicyclic amines) is 1. The smallest absolute Gasteiger partial charge is 0.303 e. The minimum absolute atomic E-state index is 0.380. The van der Waals surface area contributed by atoms with Gasteiger partial charge in [-0.15, -0.1) is 0 Å². The van der Waals surface area contributed by atoms with E-state index in [4.69, 9.17) is 0 Å². The quantitative estimate of drug-likeness (QED) is 0.218. The summed E-state index contributed by atoms with van der Waals surface area (Å²) in [6.07, 6.45) is 32.0. The zero-order valence-electron chi connectivity index (χ0n) is 26.1. The van der Waals surface area contributed by atoms with Crippen LogP contribution in [0.5, 0.6) is 0 Å². The molecule has 40 heavy (non-hydrogen) atoms. The molecule has 1 aliphatic heterocycles. The van der Waals surface area contributed by atoms with Crippen molar-refractivity contribution in [1.82, 2.24) is 4.90 Å². The fourth-order valence-corrected chi connectivity index (χ4v) is 11.1. The van der Waals surface area contributed by atoms with E-state index in [1.165, 1.54) is 116 Å². The number of nitrogens with zero attached hydrogens (tertiary/aromatic N) is 1. The molecule has 0 aromatic rings. The Morgan fingerprint density at radius 3 is 2.33 bits per heavy atom. The van der Waals surface area contributed by atoms with Crippen molar-refractivity contribution in [3.8, 4) is 0 Å². The highest BCUT2D eigenvalue weighted by Crippen LogP contribution is 2.59. The van der Waals surface area contributed by atoms with E-state index in [1.807, 2.05) is 0 Å². The zero-order chi connectivity index (χ0) is 27.5. The molecule has 0 amide bonds. The van der Waals surface area contributed by atoms with Gasteiger partial charge >= 0.3 is 5.97 Å². The summed E-state index contributed by atoms with van der Waals surface area (Å²) in [6.45, 7) is 3.73. The molecule has 0 radical (unpaired) electrons. The van der Waals surface area contributed by atoms with Gasteiger partial charge in [0.05, 0.1) is 0 Å². The van der Waals surface area contributed by atoms with Crippen LogP contribution >= 0.6 is 0 Å². The van der Waals surface area contributed by atoms with Gasteiger partial charge in [-0.25, -0.2) is 0 Å². The van der Waals surface area contributed by atoms with Gasteiger partial charge in [-0.1, -0.05) is 64.7 Å². The number of carbonyl (C=O) groups is 1. The van der Waals surface area contributed by atoms with Gasteiger partial charge in [0, 0.05) is 25.0 Å². The first-order valence-corrected chi connectivity index (χ1v) is 18.6. The number of hydrogen-bond donors (Lipinski definition) is 1. The third-order valence-corrected chi connectivity index (χ3v) is 13.5. The average molecular weight is 554 g/mol. The normalized spacial score (nSPS) is 39.6. The molecule has 3 nitrogen and oxygen atoms in total. The van der Waals surface area contributed by atoms with E-state index < -0.39 is 5.97 Å². The van der Waals surface area contributed by atoms with Crippen LogP contribution in [0.25, 0.3) is 0 Å². The van der Waals surface area contributed by atoms with E-state index in [-0.39, 0.29) is 0 Å². The van der Waals surface area contributed by atoms with E-state index in [0.29, 0.717) is 12.3 Å². The van der Waals surface area contributed by atoms with Gasteiger partial charge in [-0.2, -0.15) is 0 Å². The highest BCUT2D eigenvalue weighted by Gasteiger charge is 2.52. The Balaban J connectivity index is 1.02. The van der Waals surface area contributed by atoms with Crippen molar-refractivity contribution in [2.24, 2.45) is 53.3 Å². The van der Waals surface area contributed by atoms with Gasteiger partial charge in [0.1, 0.15) is 0 Å². The molecular formula is C37H63NO2. The Morgan fingerprint density at radius 2 is 1.60 bits per heavy atom. The number of carboxylic acids is 1. The van der Waals surface area contributed by atoms with Crippen molar-refractivity contribution >= 4 is 5.97 Å². The van der Waals surface area contributed by atoms with Crippen LogP contribution in [0.4, 0.5) is 0 Å². The van der Waals surface area contributed by atoms with Crippen LogP contribution in [0.1, 0.15) is 155 Å². The molecule has 5 saturated carbocycles. The topological polar surface area (TPSA) is 40.5 Å². The minimum Gasteiger partial charge on any atom is -0.481 e. The Morgan fingerprint density at radius 1 is 0.800 bits per heavy atom. The lowest BCUT2D eigenvalue weighted by atomic mass is 9.71. The summed E-state index contributed by atoms with van der Waals surface area (Å²) >= 11 is 0. The maximum Gasteiger partial charge on any atom is 0.303 e. The van der Waals surface area contributed by atoms with Crippen LogP contribution in [0.15, 0.2) is 0 Å². The summed E-state index contributed by atoms with van der Waals surface area (Å²) in [5.74, 6) is 8.24. The maximum absolute atomic E-state index is 11.3. The molecule has 0 bridgehead atoms. The van der Waals surface area contributed by atoms with E-state index in [1.54, 1.807) is 25.7 Å². The van der Waals surface area contributed by atoms with Crippen LogP contribution in [-0.2, 0) is 4.79 Å². The number of unbranched alkanes of at least 4 members (excludes halogenated alkanes) is 2. The molecule has 5 unspecified atom stereocenters. The molecule has 6 rings (SSSR count). The van der Waals surface area contributed by atoms with Crippen LogP contribution in [0, 0.1) is 53.3 Å². The molecule has 0 aromatic carbocycles. The first kappa shape index (κ1) is 29.5. The fraction of sp³-hybridized carbons (Fsp3) is 0.973. The Labute approximate surface area is 247 Å². The summed E-state index contributed by atoms with van der Waals surface area (Å²) in [4.78, 5) is 14.4. The molecule has 0 spiro atoms. The Bertz CT molecular complexity index is 794. The number of aliphatic carboxylic acids is 1. The summed E-state index contributed by atoms with van der Waals surface area (Å²) in [5.41, 5.74) is 0. The summed E-state index contributed by atoms with van der Waals surface area (Å²) < 4.78 is 0. The Kier molecular flexibility index (Phi) is 10.2. The second-order valence-electron chi connectivity index (χ2n) is 16.0. The molecule has 1 N–H and O–H groups in total. The number of carboxylic acid groups (broad SMARTS) is 1. The first-order chi connectivity index (χ1) is 19.6. The molecule has 0 aromatic heterocycles. The fourth-order valence-electron chi connectivity index (χ4n) is 11.1. The molecule has 5 aliphatic carbocycles.